The first-order chi connectivity index (χ1) is 14.8. The Balaban J connectivity index is 3.39. The molecule has 180 valence electrons. The fourth-order valence-electron chi connectivity index (χ4n) is 4.55. The maximum Gasteiger partial charge on any atom is 0.151 e. The van der Waals surface area contributed by atoms with E-state index >= 15 is 0 Å². The van der Waals surface area contributed by atoms with Crippen LogP contribution < -0.4 is 5.16 Å². The third-order valence-corrected chi connectivity index (χ3v) is 6.66. The van der Waals surface area contributed by atoms with Crippen LogP contribution in [0.25, 0.3) is 0 Å². The van der Waals surface area contributed by atoms with Gasteiger partial charge in [0.15, 0.2) is 6.21 Å². The number of unbranched alkanes of at least 4 members (excludes halogenated alkanes) is 20. The molecule has 2 nitrogen and oxygen atoms in total. The van der Waals surface area contributed by atoms with Crippen LogP contribution in [0.5, 0.6) is 0 Å². The second-order valence-electron chi connectivity index (χ2n) is 9.69. The summed E-state index contributed by atoms with van der Waals surface area (Å²) < 4.78 is 0. The molecule has 0 heterocycles. The van der Waals surface area contributed by atoms with Gasteiger partial charge in [0.2, 0.25) is 0 Å². The lowest BCUT2D eigenvalue weighted by atomic mass is 9.95. The molecule has 0 saturated carbocycles. The molecular weight excluding hydrogens is 366 g/mol. The molecule has 0 aromatic rings. The van der Waals surface area contributed by atoms with Crippen molar-refractivity contribution in [1.82, 2.24) is 0 Å². The lowest BCUT2D eigenvalue weighted by Gasteiger charge is -2.10. The van der Waals surface area contributed by atoms with Gasteiger partial charge in [-0.05, 0) is 12.8 Å². The van der Waals surface area contributed by atoms with Crippen molar-refractivity contribution in [1.29, 1.82) is 0 Å². The monoisotopic (exact) mass is 423 g/mol. The third kappa shape index (κ3) is 23.7. The van der Waals surface area contributed by atoms with Crippen molar-refractivity contribution >= 4 is 6.21 Å². The van der Waals surface area contributed by atoms with Crippen LogP contribution in [0.2, 0.25) is 0 Å². The molecule has 0 spiro atoms. The number of hydrogen-bond acceptors (Lipinski definition) is 1. The van der Waals surface area contributed by atoms with Gasteiger partial charge in [-0.3, -0.25) is 0 Å². The first-order valence-corrected chi connectivity index (χ1v) is 14.1. The smallest absolute Gasteiger partial charge is 0.151 e. The highest BCUT2D eigenvalue weighted by Gasteiger charge is 2.08. The summed E-state index contributed by atoms with van der Waals surface area (Å²) in [6.07, 6.45) is 34.9. The molecule has 0 aromatic carbocycles. The zero-order valence-electron chi connectivity index (χ0n) is 21.0. The van der Waals surface area contributed by atoms with Crippen LogP contribution in [0.4, 0.5) is 0 Å². The van der Waals surface area contributed by atoms with E-state index in [0.29, 0.717) is 5.92 Å². The first-order valence-electron chi connectivity index (χ1n) is 14.1. The van der Waals surface area contributed by atoms with E-state index in [-0.39, 0.29) is 0 Å². The molecule has 0 aliphatic carbocycles. The minimum absolute atomic E-state index is 0.486. The predicted molar refractivity (Wildman–Crippen MR) is 136 cm³/mol. The molecule has 0 saturated heterocycles. The van der Waals surface area contributed by atoms with E-state index in [2.05, 4.69) is 19.0 Å². The quantitative estimate of drug-likeness (QED) is 0.0678. The van der Waals surface area contributed by atoms with Crippen molar-refractivity contribution in [2.24, 2.45) is 5.92 Å². The fourth-order valence-corrected chi connectivity index (χ4v) is 4.55. The Morgan fingerprint density at radius 3 is 1.00 bits per heavy atom. The Morgan fingerprint density at radius 1 is 0.467 bits per heavy atom. The summed E-state index contributed by atoms with van der Waals surface area (Å²) >= 11 is 0. The molecule has 1 N–H and O–H groups in total. The van der Waals surface area contributed by atoms with Gasteiger partial charge < -0.3 is 5.21 Å². The van der Waals surface area contributed by atoms with E-state index in [1.54, 1.807) is 0 Å². The van der Waals surface area contributed by atoms with Gasteiger partial charge in [-0.1, -0.05) is 155 Å². The molecule has 0 radical (unpaired) electrons. The molecule has 0 aliphatic heterocycles. The van der Waals surface area contributed by atoms with Gasteiger partial charge in [-0.25, -0.2) is 5.16 Å². The van der Waals surface area contributed by atoms with E-state index < -0.39 is 0 Å². The van der Waals surface area contributed by atoms with Gasteiger partial charge in [-0.2, -0.15) is 0 Å². The van der Waals surface area contributed by atoms with Crippen LogP contribution >= 0.6 is 0 Å². The Bertz CT molecular complexity index is 329. The largest absolute Gasteiger partial charge is 0.626 e. The molecule has 0 bridgehead atoms. The van der Waals surface area contributed by atoms with Crippen molar-refractivity contribution < 1.29 is 5.16 Å². The van der Waals surface area contributed by atoms with Gasteiger partial charge in [0.25, 0.3) is 0 Å². The zero-order chi connectivity index (χ0) is 22.0. The van der Waals surface area contributed by atoms with Crippen LogP contribution in [0, 0.1) is 11.1 Å². The topological polar surface area (TPSA) is 37.0 Å². The van der Waals surface area contributed by atoms with Crippen LogP contribution in [0.3, 0.4) is 0 Å². The van der Waals surface area contributed by atoms with E-state index in [4.69, 9.17) is 0 Å². The Morgan fingerprint density at radius 2 is 0.733 bits per heavy atom. The molecule has 1 atom stereocenters. The normalized spacial score (nSPS) is 12.7. The third-order valence-electron chi connectivity index (χ3n) is 6.66. The molecule has 0 rings (SSSR count). The van der Waals surface area contributed by atoms with Gasteiger partial charge >= 0.3 is 0 Å². The molecule has 30 heavy (non-hydrogen) atoms. The highest BCUT2D eigenvalue weighted by molar-refractivity contribution is 5.53. The van der Waals surface area contributed by atoms with Gasteiger partial charge in [0.1, 0.15) is 0 Å². The van der Waals surface area contributed by atoms with Crippen molar-refractivity contribution in [3.05, 3.63) is 5.21 Å². The summed E-state index contributed by atoms with van der Waals surface area (Å²) in [5.74, 6) is 0.486. The van der Waals surface area contributed by atoms with Crippen LogP contribution in [-0.4, -0.2) is 6.21 Å². The van der Waals surface area contributed by atoms with Crippen molar-refractivity contribution in [2.45, 2.75) is 168 Å². The summed E-state index contributed by atoms with van der Waals surface area (Å²) in [4.78, 5) is 0. The van der Waals surface area contributed by atoms with E-state index in [9.17, 15) is 5.21 Å². The second kappa shape index (κ2) is 26.5. The Kier molecular flexibility index (Phi) is 26.0. The number of nitrogens with one attached hydrogen (secondary N) is 1. The minimum atomic E-state index is 0.486. The maximum absolute atomic E-state index is 10.8. The standard InChI is InChI=1S/C28H57NO/c1-3-5-7-9-11-13-14-15-16-17-18-20-22-24-26-28(27-29-30)25-23-21-19-12-10-8-6-4-2/h27-29H,3-26H2,1-2H3. The summed E-state index contributed by atoms with van der Waals surface area (Å²) in [6.45, 7) is 4.57. The molecule has 0 aliphatic rings. The summed E-state index contributed by atoms with van der Waals surface area (Å²) in [7, 11) is 0. The Hall–Kier alpha value is -0.530. The lowest BCUT2D eigenvalue weighted by Crippen LogP contribution is -2.61. The van der Waals surface area contributed by atoms with E-state index in [0.717, 1.165) is 0 Å². The van der Waals surface area contributed by atoms with Gasteiger partial charge in [-0.15, -0.1) is 0 Å². The number of hydrogen-bond donors (Lipinski definition) is 1. The summed E-state index contributed by atoms with van der Waals surface area (Å²) in [5.41, 5.74) is 0. The number of rotatable bonds is 25. The molecule has 0 amide bonds. The van der Waals surface area contributed by atoms with Gasteiger partial charge in [0.05, 0.1) is 0 Å². The molecule has 2 heteroatoms. The van der Waals surface area contributed by atoms with Crippen LogP contribution in [-0.2, 0) is 0 Å². The van der Waals surface area contributed by atoms with Crippen molar-refractivity contribution in [3.8, 4) is 0 Å². The average molecular weight is 424 g/mol. The van der Waals surface area contributed by atoms with Crippen LogP contribution in [0.1, 0.15) is 168 Å². The molecule has 0 aromatic heterocycles. The fraction of sp³-hybridized carbons (Fsp3) is 0.964. The maximum atomic E-state index is 10.8. The van der Waals surface area contributed by atoms with Crippen LogP contribution in [0.15, 0.2) is 0 Å². The second-order valence-corrected chi connectivity index (χ2v) is 9.69. The SMILES string of the molecule is CCCCCCCCCCCCCCCCC(C=[NH+][O-])CCCCCCCCCC. The summed E-state index contributed by atoms with van der Waals surface area (Å²) in [5, 5.41) is 12.9. The average Bonchev–Trinajstić information content (AvgIpc) is 2.75. The highest BCUT2D eigenvalue weighted by atomic mass is 16.4. The summed E-state index contributed by atoms with van der Waals surface area (Å²) in [6, 6.07) is 0. The lowest BCUT2D eigenvalue weighted by molar-refractivity contribution is -0.370. The molecule has 1 unspecified atom stereocenters. The van der Waals surface area contributed by atoms with Crippen molar-refractivity contribution in [3.63, 3.8) is 0 Å². The van der Waals surface area contributed by atoms with E-state index in [1.807, 2.05) is 6.21 Å². The molecule has 0 fully saturated rings. The Labute approximate surface area is 190 Å². The predicted octanol–water partition coefficient (Wildman–Crippen LogP) is 8.65. The minimum Gasteiger partial charge on any atom is -0.626 e. The van der Waals surface area contributed by atoms with Gasteiger partial charge in [0, 0.05) is 5.92 Å². The molecular formula is C28H57NO. The highest BCUT2D eigenvalue weighted by Crippen LogP contribution is 2.18. The zero-order valence-corrected chi connectivity index (χ0v) is 21.0. The van der Waals surface area contributed by atoms with E-state index in [1.165, 1.54) is 154 Å². The first kappa shape index (κ1) is 29.5. The van der Waals surface area contributed by atoms with Crippen molar-refractivity contribution in [2.75, 3.05) is 0 Å².